The van der Waals surface area contributed by atoms with E-state index in [0.29, 0.717) is 6.54 Å². The van der Waals surface area contributed by atoms with Crippen LogP contribution in [0.5, 0.6) is 0 Å². The first-order chi connectivity index (χ1) is 7.77. The van der Waals surface area contributed by atoms with Crippen LogP contribution in [0.25, 0.3) is 0 Å². The van der Waals surface area contributed by atoms with Crippen molar-refractivity contribution in [3.63, 3.8) is 0 Å². The number of imidazole rings is 1. The Balaban J connectivity index is 1.91. The van der Waals surface area contributed by atoms with Gasteiger partial charge in [-0.1, -0.05) is 19.8 Å². The molecule has 1 aromatic heterocycles. The van der Waals surface area contributed by atoms with Gasteiger partial charge in [-0.25, -0.2) is 4.98 Å². The van der Waals surface area contributed by atoms with Gasteiger partial charge in [0.05, 0.1) is 6.54 Å². The lowest BCUT2D eigenvalue weighted by Gasteiger charge is -2.25. The molecule has 0 radical (unpaired) electrons. The highest BCUT2D eigenvalue weighted by Gasteiger charge is 2.38. The quantitative estimate of drug-likeness (QED) is 0.817. The van der Waals surface area contributed by atoms with Gasteiger partial charge in [-0.15, -0.1) is 0 Å². The number of nitrogens with one attached hydrogen (secondary N) is 2. The standard InChI is InChI=1S/C12H19N3O/c1-2-12(5-3-4-6-12)11(16)15-9-10-13-7-8-14-10/h7-8H,2-6,9H2,1H3,(H,13,14)(H,15,16). The zero-order valence-electron chi connectivity index (χ0n) is 9.75. The Kier molecular flexibility index (Phi) is 3.27. The monoisotopic (exact) mass is 221 g/mol. The van der Waals surface area contributed by atoms with Gasteiger partial charge in [0, 0.05) is 17.8 Å². The fourth-order valence-corrected chi connectivity index (χ4v) is 2.54. The fourth-order valence-electron chi connectivity index (χ4n) is 2.54. The molecular weight excluding hydrogens is 202 g/mol. The van der Waals surface area contributed by atoms with E-state index in [4.69, 9.17) is 0 Å². The summed E-state index contributed by atoms with van der Waals surface area (Å²) >= 11 is 0. The SMILES string of the molecule is CCC1(C(=O)NCc2ncc[nH]2)CCCC1. The number of hydrogen-bond acceptors (Lipinski definition) is 2. The highest BCUT2D eigenvalue weighted by Crippen LogP contribution is 2.41. The summed E-state index contributed by atoms with van der Waals surface area (Å²) in [5, 5.41) is 2.99. The third-order valence-corrected chi connectivity index (χ3v) is 3.69. The lowest BCUT2D eigenvalue weighted by molar-refractivity contribution is -0.131. The number of amides is 1. The highest BCUT2D eigenvalue weighted by atomic mass is 16.2. The molecule has 2 N–H and O–H groups in total. The van der Waals surface area contributed by atoms with E-state index < -0.39 is 0 Å². The van der Waals surface area contributed by atoms with Crippen LogP contribution in [0.15, 0.2) is 12.4 Å². The van der Waals surface area contributed by atoms with Crippen LogP contribution >= 0.6 is 0 Å². The van der Waals surface area contributed by atoms with Crippen molar-refractivity contribution in [2.45, 2.75) is 45.6 Å². The molecule has 2 rings (SSSR count). The van der Waals surface area contributed by atoms with Gasteiger partial charge >= 0.3 is 0 Å². The zero-order chi connectivity index (χ0) is 11.4. The van der Waals surface area contributed by atoms with Crippen molar-refractivity contribution in [1.29, 1.82) is 0 Å². The smallest absolute Gasteiger partial charge is 0.226 e. The predicted molar refractivity (Wildman–Crippen MR) is 61.6 cm³/mol. The first kappa shape index (κ1) is 11.2. The van der Waals surface area contributed by atoms with E-state index in [0.717, 1.165) is 25.1 Å². The molecule has 0 saturated heterocycles. The van der Waals surface area contributed by atoms with Crippen LogP contribution in [0.4, 0.5) is 0 Å². The normalized spacial score (nSPS) is 18.6. The minimum atomic E-state index is -0.105. The summed E-state index contributed by atoms with van der Waals surface area (Å²) in [6.45, 7) is 2.62. The van der Waals surface area contributed by atoms with Gasteiger partial charge in [0.25, 0.3) is 0 Å². The lowest BCUT2D eigenvalue weighted by Crippen LogP contribution is -2.38. The Labute approximate surface area is 95.9 Å². The van der Waals surface area contributed by atoms with E-state index >= 15 is 0 Å². The number of carbonyl (C=O) groups excluding carboxylic acids is 1. The molecule has 0 unspecified atom stereocenters. The molecule has 1 saturated carbocycles. The number of aromatic amines is 1. The van der Waals surface area contributed by atoms with E-state index in [1.807, 2.05) is 0 Å². The summed E-state index contributed by atoms with van der Waals surface area (Å²) in [6, 6.07) is 0. The topological polar surface area (TPSA) is 57.8 Å². The number of H-pyrrole nitrogens is 1. The molecule has 16 heavy (non-hydrogen) atoms. The van der Waals surface area contributed by atoms with Crippen molar-refractivity contribution >= 4 is 5.91 Å². The van der Waals surface area contributed by atoms with Gasteiger partial charge in [0.1, 0.15) is 5.82 Å². The number of carbonyl (C=O) groups is 1. The lowest BCUT2D eigenvalue weighted by atomic mass is 9.82. The van der Waals surface area contributed by atoms with Crippen LogP contribution in [-0.2, 0) is 11.3 Å². The molecule has 0 spiro atoms. The summed E-state index contributed by atoms with van der Waals surface area (Å²) in [6.07, 6.45) is 8.85. The van der Waals surface area contributed by atoms with E-state index in [-0.39, 0.29) is 11.3 Å². The summed E-state index contributed by atoms with van der Waals surface area (Å²) < 4.78 is 0. The molecule has 88 valence electrons. The average molecular weight is 221 g/mol. The molecule has 1 aromatic rings. The Morgan fingerprint density at radius 3 is 2.88 bits per heavy atom. The van der Waals surface area contributed by atoms with Crippen LogP contribution in [0.2, 0.25) is 0 Å². The summed E-state index contributed by atoms with van der Waals surface area (Å²) in [5.41, 5.74) is -0.105. The van der Waals surface area contributed by atoms with Crippen molar-refractivity contribution in [3.8, 4) is 0 Å². The molecule has 1 heterocycles. The summed E-state index contributed by atoms with van der Waals surface area (Å²) in [5.74, 6) is 1.02. The third kappa shape index (κ3) is 2.10. The van der Waals surface area contributed by atoms with Crippen molar-refractivity contribution < 1.29 is 4.79 Å². The number of hydrogen-bond donors (Lipinski definition) is 2. The van der Waals surface area contributed by atoms with Crippen LogP contribution in [0.1, 0.15) is 44.9 Å². The van der Waals surface area contributed by atoms with Gasteiger partial charge in [0.2, 0.25) is 5.91 Å². The van der Waals surface area contributed by atoms with E-state index in [9.17, 15) is 4.79 Å². The minimum absolute atomic E-state index is 0.105. The maximum atomic E-state index is 12.1. The van der Waals surface area contributed by atoms with E-state index in [2.05, 4.69) is 22.2 Å². The molecule has 1 aliphatic rings. The summed E-state index contributed by atoms with van der Waals surface area (Å²) in [4.78, 5) is 19.2. The second-order valence-electron chi connectivity index (χ2n) is 4.56. The van der Waals surface area contributed by atoms with Crippen LogP contribution in [0, 0.1) is 5.41 Å². The molecule has 1 aliphatic carbocycles. The fraction of sp³-hybridized carbons (Fsp3) is 0.667. The molecular formula is C12H19N3O. The molecule has 0 bridgehead atoms. The van der Waals surface area contributed by atoms with Crippen molar-refractivity contribution in [1.82, 2.24) is 15.3 Å². The molecule has 0 aliphatic heterocycles. The average Bonchev–Trinajstić information content (AvgIpc) is 2.97. The second-order valence-corrected chi connectivity index (χ2v) is 4.56. The zero-order valence-corrected chi connectivity index (χ0v) is 9.75. The molecule has 0 aromatic carbocycles. The molecule has 0 atom stereocenters. The largest absolute Gasteiger partial charge is 0.348 e. The van der Waals surface area contributed by atoms with Gasteiger partial charge in [-0.3, -0.25) is 4.79 Å². The molecule has 1 fully saturated rings. The number of aromatic nitrogens is 2. The van der Waals surface area contributed by atoms with Crippen molar-refractivity contribution in [2.75, 3.05) is 0 Å². The van der Waals surface area contributed by atoms with Gasteiger partial charge in [-0.05, 0) is 19.3 Å². The van der Waals surface area contributed by atoms with Crippen molar-refractivity contribution in [2.24, 2.45) is 5.41 Å². The van der Waals surface area contributed by atoms with Crippen LogP contribution in [-0.4, -0.2) is 15.9 Å². The predicted octanol–water partition coefficient (Wildman–Crippen LogP) is 2.00. The van der Waals surface area contributed by atoms with Crippen LogP contribution < -0.4 is 5.32 Å². The number of rotatable bonds is 4. The Morgan fingerprint density at radius 2 is 2.31 bits per heavy atom. The Morgan fingerprint density at radius 1 is 1.56 bits per heavy atom. The molecule has 4 nitrogen and oxygen atoms in total. The number of nitrogens with zero attached hydrogens (tertiary/aromatic N) is 1. The molecule has 4 heteroatoms. The Bertz CT molecular complexity index is 339. The van der Waals surface area contributed by atoms with Crippen molar-refractivity contribution in [3.05, 3.63) is 18.2 Å². The third-order valence-electron chi connectivity index (χ3n) is 3.69. The van der Waals surface area contributed by atoms with Crippen LogP contribution in [0.3, 0.4) is 0 Å². The maximum absolute atomic E-state index is 12.1. The second kappa shape index (κ2) is 4.68. The van der Waals surface area contributed by atoms with E-state index in [1.165, 1.54) is 12.8 Å². The molecule has 1 amide bonds. The first-order valence-corrected chi connectivity index (χ1v) is 6.03. The van der Waals surface area contributed by atoms with E-state index in [1.54, 1.807) is 12.4 Å². The van der Waals surface area contributed by atoms with Gasteiger partial charge in [-0.2, -0.15) is 0 Å². The minimum Gasteiger partial charge on any atom is -0.348 e. The first-order valence-electron chi connectivity index (χ1n) is 6.03. The highest BCUT2D eigenvalue weighted by molar-refractivity contribution is 5.82. The van der Waals surface area contributed by atoms with Gasteiger partial charge in [0.15, 0.2) is 0 Å². The van der Waals surface area contributed by atoms with Gasteiger partial charge < -0.3 is 10.3 Å². The maximum Gasteiger partial charge on any atom is 0.226 e. The summed E-state index contributed by atoms with van der Waals surface area (Å²) in [7, 11) is 0. The Hall–Kier alpha value is -1.32.